The Hall–Kier alpha value is -1.19. The highest BCUT2D eigenvalue weighted by molar-refractivity contribution is 6.35. The maximum atomic E-state index is 6.27. The van der Waals surface area contributed by atoms with Gasteiger partial charge in [0, 0.05) is 28.5 Å². The lowest BCUT2D eigenvalue weighted by atomic mass is 10.1. The van der Waals surface area contributed by atoms with E-state index in [0.29, 0.717) is 16.1 Å². The summed E-state index contributed by atoms with van der Waals surface area (Å²) in [6.07, 6.45) is 6.23. The molecule has 1 atom stereocenters. The van der Waals surface area contributed by atoms with E-state index in [2.05, 4.69) is 21.8 Å². The number of anilines is 1. The van der Waals surface area contributed by atoms with Gasteiger partial charge in [-0.05, 0) is 37.5 Å². The lowest BCUT2D eigenvalue weighted by Gasteiger charge is -2.18. The molecule has 5 heteroatoms. The van der Waals surface area contributed by atoms with E-state index in [0.717, 1.165) is 11.5 Å². The lowest BCUT2D eigenvalue weighted by Crippen LogP contribution is -2.13. The topological polar surface area (TPSA) is 29.9 Å². The van der Waals surface area contributed by atoms with Crippen molar-refractivity contribution in [1.29, 1.82) is 0 Å². The van der Waals surface area contributed by atoms with Crippen molar-refractivity contribution >= 4 is 29.2 Å². The molecule has 0 radical (unpaired) electrons. The van der Waals surface area contributed by atoms with Crippen molar-refractivity contribution in [2.45, 2.75) is 31.8 Å². The molecule has 0 saturated heterocycles. The van der Waals surface area contributed by atoms with Crippen LogP contribution in [0.2, 0.25) is 10.0 Å². The number of imidazole rings is 1. The third-order valence-corrected chi connectivity index (χ3v) is 3.97. The molecule has 0 aliphatic heterocycles. The zero-order chi connectivity index (χ0) is 13.4. The fourth-order valence-electron chi connectivity index (χ4n) is 2.14. The number of benzene rings is 1. The van der Waals surface area contributed by atoms with Gasteiger partial charge in [-0.1, -0.05) is 29.3 Å². The second-order valence-electron chi connectivity index (χ2n) is 4.92. The molecule has 1 saturated carbocycles. The Morgan fingerprint density at radius 3 is 2.84 bits per heavy atom. The van der Waals surface area contributed by atoms with E-state index in [4.69, 9.17) is 23.2 Å². The number of aromatic nitrogens is 2. The summed E-state index contributed by atoms with van der Waals surface area (Å²) in [6.45, 7) is 2.11. The molecule has 1 heterocycles. The van der Waals surface area contributed by atoms with Crippen LogP contribution < -0.4 is 5.32 Å². The van der Waals surface area contributed by atoms with Crippen molar-refractivity contribution < 1.29 is 0 Å². The minimum atomic E-state index is 0.119. The second-order valence-corrected chi connectivity index (χ2v) is 5.76. The number of hydrogen-bond acceptors (Lipinski definition) is 2. The zero-order valence-electron chi connectivity index (χ0n) is 10.6. The van der Waals surface area contributed by atoms with E-state index in [1.165, 1.54) is 12.8 Å². The maximum Gasteiger partial charge on any atom is 0.203 e. The van der Waals surface area contributed by atoms with Gasteiger partial charge in [-0.3, -0.25) is 0 Å². The van der Waals surface area contributed by atoms with Gasteiger partial charge in [0.05, 0.1) is 6.04 Å². The zero-order valence-corrected chi connectivity index (χ0v) is 12.1. The van der Waals surface area contributed by atoms with E-state index < -0.39 is 0 Å². The standard InChI is InChI=1S/C14H15Cl2N3/c1-9(12-5-2-10(15)8-13(12)16)19-7-6-17-14(19)18-11-3-4-11/h2,5-9,11H,3-4H2,1H3,(H,17,18). The van der Waals surface area contributed by atoms with Gasteiger partial charge >= 0.3 is 0 Å². The van der Waals surface area contributed by atoms with E-state index in [1.807, 2.05) is 24.5 Å². The predicted molar refractivity (Wildman–Crippen MR) is 79.1 cm³/mol. The molecule has 1 aromatic carbocycles. The van der Waals surface area contributed by atoms with Crippen LogP contribution in [0.25, 0.3) is 0 Å². The van der Waals surface area contributed by atoms with Crippen LogP contribution in [-0.2, 0) is 0 Å². The average Bonchev–Trinajstić information content (AvgIpc) is 3.05. The molecule has 1 aliphatic rings. The van der Waals surface area contributed by atoms with Crippen LogP contribution in [0.15, 0.2) is 30.6 Å². The largest absolute Gasteiger partial charge is 0.353 e. The van der Waals surface area contributed by atoms with Gasteiger partial charge < -0.3 is 9.88 Å². The molecule has 1 aromatic heterocycles. The van der Waals surface area contributed by atoms with Gasteiger partial charge in [-0.2, -0.15) is 0 Å². The maximum absolute atomic E-state index is 6.27. The first kappa shape index (κ1) is 12.8. The van der Waals surface area contributed by atoms with Crippen LogP contribution in [0.1, 0.15) is 31.4 Å². The normalized spacial score (nSPS) is 16.4. The fourth-order valence-corrected chi connectivity index (χ4v) is 2.70. The first-order valence-electron chi connectivity index (χ1n) is 6.39. The van der Waals surface area contributed by atoms with E-state index in [9.17, 15) is 0 Å². The molecule has 1 aliphatic carbocycles. The van der Waals surface area contributed by atoms with Crippen LogP contribution in [0.5, 0.6) is 0 Å². The van der Waals surface area contributed by atoms with Gasteiger partial charge in [-0.15, -0.1) is 0 Å². The summed E-state index contributed by atoms with van der Waals surface area (Å²) in [4.78, 5) is 4.37. The third-order valence-electron chi connectivity index (χ3n) is 3.41. The summed E-state index contributed by atoms with van der Waals surface area (Å²) in [7, 11) is 0. The molecule has 3 rings (SSSR count). The van der Waals surface area contributed by atoms with Gasteiger partial charge in [-0.25, -0.2) is 4.98 Å². The molecular weight excluding hydrogens is 281 g/mol. The van der Waals surface area contributed by atoms with Crippen LogP contribution in [0.3, 0.4) is 0 Å². The first-order chi connectivity index (χ1) is 9.15. The van der Waals surface area contributed by atoms with Crippen molar-refractivity contribution in [1.82, 2.24) is 9.55 Å². The molecule has 0 amide bonds. The third kappa shape index (κ3) is 2.72. The Kier molecular flexibility index (Phi) is 3.42. The summed E-state index contributed by atoms with van der Waals surface area (Å²) < 4.78 is 2.10. The molecule has 2 aromatic rings. The van der Waals surface area contributed by atoms with Gasteiger partial charge in [0.15, 0.2) is 0 Å². The summed E-state index contributed by atoms with van der Waals surface area (Å²) >= 11 is 12.2. The Morgan fingerprint density at radius 1 is 1.37 bits per heavy atom. The number of nitrogens with zero attached hydrogens (tertiary/aromatic N) is 2. The quantitative estimate of drug-likeness (QED) is 0.907. The Morgan fingerprint density at radius 2 is 2.16 bits per heavy atom. The lowest BCUT2D eigenvalue weighted by molar-refractivity contribution is 0.643. The number of hydrogen-bond donors (Lipinski definition) is 1. The smallest absolute Gasteiger partial charge is 0.203 e. The molecule has 19 heavy (non-hydrogen) atoms. The van der Waals surface area contributed by atoms with Crippen molar-refractivity contribution in [3.05, 3.63) is 46.2 Å². The van der Waals surface area contributed by atoms with Crippen LogP contribution in [0.4, 0.5) is 5.95 Å². The highest BCUT2D eigenvalue weighted by Gasteiger charge is 2.24. The average molecular weight is 296 g/mol. The van der Waals surface area contributed by atoms with Crippen molar-refractivity contribution in [2.24, 2.45) is 0 Å². The summed E-state index contributed by atoms with van der Waals surface area (Å²) in [6, 6.07) is 6.31. The van der Waals surface area contributed by atoms with Crippen molar-refractivity contribution in [3.8, 4) is 0 Å². The summed E-state index contributed by atoms with van der Waals surface area (Å²) in [5.41, 5.74) is 1.04. The van der Waals surface area contributed by atoms with Crippen molar-refractivity contribution in [2.75, 3.05) is 5.32 Å². The number of rotatable bonds is 4. The van der Waals surface area contributed by atoms with Gasteiger partial charge in [0.2, 0.25) is 5.95 Å². The summed E-state index contributed by atoms with van der Waals surface area (Å²) in [5.74, 6) is 0.904. The number of nitrogens with one attached hydrogen (secondary N) is 1. The molecule has 1 unspecified atom stereocenters. The van der Waals surface area contributed by atoms with Gasteiger partial charge in [0.25, 0.3) is 0 Å². The highest BCUT2D eigenvalue weighted by Crippen LogP contribution is 2.31. The van der Waals surface area contributed by atoms with Gasteiger partial charge in [0.1, 0.15) is 0 Å². The first-order valence-corrected chi connectivity index (χ1v) is 7.15. The molecule has 3 nitrogen and oxygen atoms in total. The summed E-state index contributed by atoms with van der Waals surface area (Å²) in [5, 5.41) is 4.77. The molecule has 100 valence electrons. The van der Waals surface area contributed by atoms with E-state index in [-0.39, 0.29) is 6.04 Å². The minimum absolute atomic E-state index is 0.119. The van der Waals surface area contributed by atoms with E-state index >= 15 is 0 Å². The SMILES string of the molecule is CC(c1ccc(Cl)cc1Cl)n1ccnc1NC1CC1. The van der Waals surface area contributed by atoms with Crippen LogP contribution >= 0.6 is 23.2 Å². The fraction of sp³-hybridized carbons (Fsp3) is 0.357. The van der Waals surface area contributed by atoms with Crippen LogP contribution in [0, 0.1) is 0 Å². The molecule has 0 spiro atoms. The number of halogens is 2. The van der Waals surface area contributed by atoms with E-state index in [1.54, 1.807) is 6.07 Å². The molecular formula is C14H15Cl2N3. The minimum Gasteiger partial charge on any atom is -0.353 e. The molecule has 1 N–H and O–H groups in total. The Balaban J connectivity index is 1.90. The second kappa shape index (κ2) is 5.06. The highest BCUT2D eigenvalue weighted by atomic mass is 35.5. The van der Waals surface area contributed by atoms with Crippen LogP contribution in [-0.4, -0.2) is 15.6 Å². The monoisotopic (exact) mass is 295 g/mol. The molecule has 1 fully saturated rings. The Labute approximate surface area is 122 Å². The van der Waals surface area contributed by atoms with Crippen molar-refractivity contribution in [3.63, 3.8) is 0 Å². The Bertz CT molecular complexity index is 590. The molecule has 0 bridgehead atoms. The predicted octanol–water partition coefficient (Wildman–Crippen LogP) is 4.37.